The van der Waals surface area contributed by atoms with E-state index < -0.39 is 37.3 Å². The van der Waals surface area contributed by atoms with Gasteiger partial charge in [-0.25, -0.2) is 0 Å². The number of carbonyl (C=O) groups is 1. The molecule has 0 rings (SSSR count). The lowest BCUT2D eigenvalue weighted by molar-refractivity contribution is -0.126. The summed E-state index contributed by atoms with van der Waals surface area (Å²) in [6, 6.07) is -0.755. The Morgan fingerprint density at radius 2 is 1.88 bits per heavy atom. The number of amides is 1. The number of hydrogen-bond donors (Lipinski definition) is 5. The van der Waals surface area contributed by atoms with Gasteiger partial charge in [0.05, 0.1) is 25.9 Å². The van der Waals surface area contributed by atoms with E-state index in [1.165, 1.54) is 0 Å². The number of ether oxygens (including phenoxy) is 1. The lowest BCUT2D eigenvalue weighted by Crippen LogP contribution is -2.60. The number of hydrogen-bond acceptors (Lipinski definition) is 6. The quantitative estimate of drug-likeness (QED) is 0.290. The zero-order valence-electron chi connectivity index (χ0n) is 10.1. The van der Waals surface area contributed by atoms with Gasteiger partial charge in [-0.2, -0.15) is 0 Å². The third kappa shape index (κ3) is 5.42. The third-order valence-electron chi connectivity index (χ3n) is 2.50. The molecule has 0 fully saturated rings. The van der Waals surface area contributed by atoms with Crippen LogP contribution in [0.25, 0.3) is 0 Å². The first-order chi connectivity index (χ1) is 8.05. The fraction of sp³-hybridized carbons (Fsp3) is 0.900. The van der Waals surface area contributed by atoms with Gasteiger partial charge in [0.25, 0.3) is 0 Å². The van der Waals surface area contributed by atoms with E-state index in [1.807, 2.05) is 0 Å². The number of rotatable bonds is 9. The summed E-state index contributed by atoms with van der Waals surface area (Å²) in [4.78, 5) is 11.6. The van der Waals surface area contributed by atoms with Gasteiger partial charge in [0.1, 0.15) is 5.54 Å². The standard InChI is InChI=1S/C10H22N2O5/c1-17-4-2-3-8(11)9(16)12-10(5-13,6-14)7-15/h8,13-15H,2-7,11H2,1H3,(H,12,16). The van der Waals surface area contributed by atoms with Gasteiger partial charge in [-0.05, 0) is 12.8 Å². The predicted octanol–water partition coefficient (Wildman–Crippen LogP) is -2.43. The molecule has 0 spiro atoms. The van der Waals surface area contributed by atoms with Crippen molar-refractivity contribution in [3.8, 4) is 0 Å². The van der Waals surface area contributed by atoms with Crippen molar-refractivity contribution in [1.82, 2.24) is 5.32 Å². The summed E-state index contributed by atoms with van der Waals surface area (Å²) < 4.78 is 4.83. The highest BCUT2D eigenvalue weighted by molar-refractivity contribution is 5.82. The lowest BCUT2D eigenvalue weighted by atomic mass is 10.0. The van der Waals surface area contributed by atoms with Crippen molar-refractivity contribution < 1.29 is 24.9 Å². The van der Waals surface area contributed by atoms with Crippen LogP contribution in [-0.4, -0.2) is 66.3 Å². The van der Waals surface area contributed by atoms with E-state index in [0.717, 1.165) is 0 Å². The molecule has 17 heavy (non-hydrogen) atoms. The molecule has 0 saturated carbocycles. The molecule has 1 unspecified atom stereocenters. The summed E-state index contributed by atoms with van der Waals surface area (Å²) in [5.41, 5.74) is 4.20. The van der Waals surface area contributed by atoms with Gasteiger partial charge in [0, 0.05) is 13.7 Å². The number of aliphatic hydroxyl groups excluding tert-OH is 3. The summed E-state index contributed by atoms with van der Waals surface area (Å²) in [6.45, 7) is -1.17. The zero-order chi connectivity index (χ0) is 13.3. The van der Waals surface area contributed by atoms with Gasteiger partial charge in [-0.15, -0.1) is 0 Å². The molecule has 0 bridgehead atoms. The Morgan fingerprint density at radius 1 is 1.35 bits per heavy atom. The number of nitrogens with two attached hydrogens (primary N) is 1. The fourth-order valence-corrected chi connectivity index (χ4v) is 1.20. The minimum atomic E-state index is -1.42. The molecule has 0 aromatic rings. The van der Waals surface area contributed by atoms with Crippen LogP contribution in [-0.2, 0) is 9.53 Å². The van der Waals surface area contributed by atoms with Crippen LogP contribution in [0.4, 0.5) is 0 Å². The maximum Gasteiger partial charge on any atom is 0.237 e. The summed E-state index contributed by atoms with van der Waals surface area (Å²) in [7, 11) is 1.56. The summed E-state index contributed by atoms with van der Waals surface area (Å²) in [5.74, 6) is -0.516. The highest BCUT2D eigenvalue weighted by atomic mass is 16.5. The largest absolute Gasteiger partial charge is 0.394 e. The normalized spacial score (nSPS) is 13.5. The molecule has 0 aromatic carbocycles. The van der Waals surface area contributed by atoms with Gasteiger partial charge in [-0.3, -0.25) is 4.79 Å². The minimum Gasteiger partial charge on any atom is -0.394 e. The first-order valence-electron chi connectivity index (χ1n) is 5.44. The van der Waals surface area contributed by atoms with Gasteiger partial charge >= 0.3 is 0 Å². The van der Waals surface area contributed by atoms with Crippen molar-refractivity contribution in [2.45, 2.75) is 24.4 Å². The van der Waals surface area contributed by atoms with Crippen LogP contribution in [0.3, 0.4) is 0 Å². The number of nitrogens with one attached hydrogen (secondary N) is 1. The van der Waals surface area contributed by atoms with Crippen molar-refractivity contribution in [3.63, 3.8) is 0 Å². The summed E-state index contributed by atoms with van der Waals surface area (Å²) in [6.07, 6.45) is 1.06. The number of carbonyl (C=O) groups excluding carboxylic acids is 1. The third-order valence-corrected chi connectivity index (χ3v) is 2.50. The number of aliphatic hydroxyl groups is 3. The molecule has 0 radical (unpaired) electrons. The van der Waals surface area contributed by atoms with Gasteiger partial charge < -0.3 is 31.1 Å². The Labute approximate surface area is 101 Å². The van der Waals surface area contributed by atoms with Gasteiger partial charge in [0.2, 0.25) is 5.91 Å². The molecule has 7 heteroatoms. The maximum atomic E-state index is 11.6. The summed E-state index contributed by atoms with van der Waals surface area (Å²) >= 11 is 0. The fourth-order valence-electron chi connectivity index (χ4n) is 1.20. The molecule has 0 saturated heterocycles. The average molecular weight is 250 g/mol. The van der Waals surface area contributed by atoms with Crippen molar-refractivity contribution in [1.29, 1.82) is 0 Å². The SMILES string of the molecule is COCCCC(N)C(=O)NC(CO)(CO)CO. The lowest BCUT2D eigenvalue weighted by Gasteiger charge is -2.30. The smallest absolute Gasteiger partial charge is 0.237 e. The van der Waals surface area contributed by atoms with Crippen LogP contribution in [0.5, 0.6) is 0 Å². The van der Waals surface area contributed by atoms with Crippen LogP contribution in [0.15, 0.2) is 0 Å². The van der Waals surface area contributed by atoms with E-state index in [-0.39, 0.29) is 0 Å². The molecule has 0 aliphatic rings. The molecular weight excluding hydrogens is 228 g/mol. The first-order valence-corrected chi connectivity index (χ1v) is 5.44. The second-order valence-electron chi connectivity index (χ2n) is 3.99. The molecular formula is C10H22N2O5. The van der Waals surface area contributed by atoms with Crippen LogP contribution in [0, 0.1) is 0 Å². The molecule has 7 nitrogen and oxygen atoms in total. The van der Waals surface area contributed by atoms with Crippen molar-refractivity contribution >= 4 is 5.91 Å². The monoisotopic (exact) mass is 250 g/mol. The molecule has 0 heterocycles. The van der Waals surface area contributed by atoms with E-state index in [9.17, 15) is 4.79 Å². The molecule has 1 amide bonds. The second-order valence-corrected chi connectivity index (χ2v) is 3.99. The van der Waals surface area contributed by atoms with E-state index in [4.69, 9.17) is 25.8 Å². The zero-order valence-corrected chi connectivity index (χ0v) is 10.1. The Morgan fingerprint density at radius 3 is 2.29 bits per heavy atom. The Balaban J connectivity index is 4.21. The molecule has 0 aromatic heterocycles. The van der Waals surface area contributed by atoms with Crippen LogP contribution in [0.2, 0.25) is 0 Å². The van der Waals surface area contributed by atoms with Gasteiger partial charge in [0.15, 0.2) is 0 Å². The van der Waals surface area contributed by atoms with Crippen molar-refractivity contribution in [2.75, 3.05) is 33.5 Å². The molecule has 102 valence electrons. The first kappa shape index (κ1) is 16.3. The molecule has 0 aliphatic carbocycles. The predicted molar refractivity (Wildman–Crippen MR) is 61.2 cm³/mol. The summed E-state index contributed by atoms with van der Waals surface area (Å²) in [5, 5.41) is 29.4. The Hall–Kier alpha value is -0.730. The van der Waals surface area contributed by atoms with E-state index in [0.29, 0.717) is 19.4 Å². The molecule has 1 atom stereocenters. The van der Waals surface area contributed by atoms with Gasteiger partial charge in [-0.1, -0.05) is 0 Å². The molecule has 0 aliphatic heterocycles. The van der Waals surface area contributed by atoms with Crippen LogP contribution >= 0.6 is 0 Å². The average Bonchev–Trinajstić information content (AvgIpc) is 2.36. The van der Waals surface area contributed by atoms with Crippen molar-refractivity contribution in [2.24, 2.45) is 5.73 Å². The van der Waals surface area contributed by atoms with E-state index >= 15 is 0 Å². The van der Waals surface area contributed by atoms with Crippen LogP contribution < -0.4 is 11.1 Å². The second kappa shape index (κ2) is 8.37. The van der Waals surface area contributed by atoms with Crippen molar-refractivity contribution in [3.05, 3.63) is 0 Å². The van der Waals surface area contributed by atoms with Crippen LogP contribution in [0.1, 0.15) is 12.8 Å². The van der Waals surface area contributed by atoms with E-state index in [1.54, 1.807) is 7.11 Å². The molecule has 6 N–H and O–H groups in total. The Kier molecular flexibility index (Phi) is 8.01. The number of methoxy groups -OCH3 is 1. The van der Waals surface area contributed by atoms with E-state index in [2.05, 4.69) is 5.32 Å². The highest BCUT2D eigenvalue weighted by Crippen LogP contribution is 2.03. The highest BCUT2D eigenvalue weighted by Gasteiger charge is 2.31. The maximum absolute atomic E-state index is 11.6. The Bertz CT molecular complexity index is 212. The topological polar surface area (TPSA) is 125 Å². The minimum absolute atomic E-state index is 0.429.